The van der Waals surface area contributed by atoms with E-state index in [2.05, 4.69) is 29.6 Å². The molecule has 1 N–H and O–H groups in total. The fourth-order valence-corrected chi connectivity index (χ4v) is 3.07. The fraction of sp³-hybridized carbons (Fsp3) is 0.250. The van der Waals surface area contributed by atoms with Gasteiger partial charge >= 0.3 is 0 Å². The first kappa shape index (κ1) is 14.0. The topological polar surface area (TPSA) is 42.7 Å². The molecule has 2 aromatic heterocycles. The van der Waals surface area contributed by atoms with Gasteiger partial charge < -0.3 is 5.32 Å². The van der Waals surface area contributed by atoms with Crippen LogP contribution in [0.4, 0.5) is 0 Å². The van der Waals surface area contributed by atoms with Crippen LogP contribution in [0.25, 0.3) is 16.3 Å². The van der Waals surface area contributed by atoms with Crippen molar-refractivity contribution in [2.24, 2.45) is 0 Å². The molecule has 2 heterocycles. The maximum atomic E-state index is 4.71. The van der Waals surface area contributed by atoms with Crippen LogP contribution in [0, 0.1) is 0 Å². The van der Waals surface area contributed by atoms with Gasteiger partial charge in [0.2, 0.25) is 0 Å². The van der Waals surface area contributed by atoms with Crippen molar-refractivity contribution in [2.45, 2.75) is 19.9 Å². The van der Waals surface area contributed by atoms with E-state index in [1.165, 1.54) is 0 Å². The Morgan fingerprint density at radius 2 is 2.10 bits per heavy atom. The average molecular weight is 298 g/mol. The van der Waals surface area contributed by atoms with Gasteiger partial charge in [0.25, 0.3) is 0 Å². The Morgan fingerprint density at radius 1 is 1.29 bits per heavy atom. The molecular weight excluding hydrogens is 280 g/mol. The van der Waals surface area contributed by atoms with Gasteiger partial charge in [0.1, 0.15) is 5.01 Å². The summed E-state index contributed by atoms with van der Waals surface area (Å²) >= 11 is 1.66. The Morgan fingerprint density at radius 3 is 2.86 bits per heavy atom. The maximum Gasteiger partial charge on any atom is 0.126 e. The minimum Gasteiger partial charge on any atom is -0.309 e. The molecule has 0 radical (unpaired) electrons. The van der Waals surface area contributed by atoms with Crippen LogP contribution in [0.2, 0.25) is 0 Å². The van der Waals surface area contributed by atoms with Crippen molar-refractivity contribution in [3.05, 3.63) is 53.8 Å². The Balaban J connectivity index is 1.84. The van der Waals surface area contributed by atoms with E-state index in [1.54, 1.807) is 11.3 Å². The number of hydrogen-bond donors (Lipinski definition) is 1. The zero-order valence-corrected chi connectivity index (χ0v) is 13.0. The highest BCUT2D eigenvalue weighted by molar-refractivity contribution is 7.13. The van der Waals surface area contributed by atoms with Crippen LogP contribution in [0.15, 0.2) is 48.1 Å². The Labute approximate surface area is 128 Å². The van der Waals surface area contributed by atoms with Gasteiger partial charge in [-0.05, 0) is 25.6 Å². The molecule has 5 heteroatoms. The third kappa shape index (κ3) is 3.04. The minimum absolute atomic E-state index is 0.282. The highest BCUT2D eigenvalue weighted by Gasteiger charge is 2.11. The molecule has 1 unspecified atom stereocenters. The third-order valence-electron chi connectivity index (χ3n) is 3.33. The number of nitrogens with zero attached hydrogens (tertiary/aromatic N) is 3. The summed E-state index contributed by atoms with van der Waals surface area (Å²) in [5.74, 6) is 0. The van der Waals surface area contributed by atoms with E-state index >= 15 is 0 Å². The van der Waals surface area contributed by atoms with Gasteiger partial charge in [0.15, 0.2) is 0 Å². The molecule has 0 aliphatic carbocycles. The summed E-state index contributed by atoms with van der Waals surface area (Å²) in [7, 11) is 0. The van der Waals surface area contributed by atoms with Crippen molar-refractivity contribution in [1.82, 2.24) is 20.1 Å². The van der Waals surface area contributed by atoms with Gasteiger partial charge in [-0.3, -0.25) is 0 Å². The lowest BCUT2D eigenvalue weighted by Crippen LogP contribution is -2.17. The molecular formula is C16H18N4S. The molecule has 0 aliphatic heterocycles. The van der Waals surface area contributed by atoms with Crippen LogP contribution in [0.5, 0.6) is 0 Å². The lowest BCUT2D eigenvalue weighted by Gasteiger charge is -2.07. The number of para-hydroxylation sites is 1. The molecule has 3 aromatic rings. The number of thiazole rings is 1. The molecule has 3 rings (SSSR count). The average Bonchev–Trinajstić information content (AvgIpc) is 3.17. The van der Waals surface area contributed by atoms with Gasteiger partial charge in [-0.1, -0.05) is 25.1 Å². The number of benzene rings is 1. The lowest BCUT2D eigenvalue weighted by atomic mass is 10.2. The zero-order chi connectivity index (χ0) is 14.7. The predicted molar refractivity (Wildman–Crippen MR) is 86.8 cm³/mol. The summed E-state index contributed by atoms with van der Waals surface area (Å²) in [5.41, 5.74) is 3.20. The molecule has 108 valence electrons. The number of aromatic nitrogens is 3. The summed E-state index contributed by atoms with van der Waals surface area (Å²) in [4.78, 5) is 4.71. The summed E-state index contributed by atoms with van der Waals surface area (Å²) in [6, 6.07) is 10.4. The van der Waals surface area contributed by atoms with Crippen molar-refractivity contribution >= 4 is 11.3 Å². The second-order valence-corrected chi connectivity index (χ2v) is 5.72. The fourth-order valence-electron chi connectivity index (χ4n) is 2.18. The Hall–Kier alpha value is -1.98. The van der Waals surface area contributed by atoms with Gasteiger partial charge in [0.05, 0.1) is 17.6 Å². The molecule has 0 bridgehead atoms. The number of nitrogens with one attached hydrogen (secondary N) is 1. The molecule has 0 spiro atoms. The van der Waals surface area contributed by atoms with Crippen LogP contribution in [0.1, 0.15) is 25.6 Å². The quantitative estimate of drug-likeness (QED) is 0.781. The van der Waals surface area contributed by atoms with Crippen LogP contribution < -0.4 is 5.32 Å². The van der Waals surface area contributed by atoms with Crippen LogP contribution in [-0.2, 0) is 0 Å². The highest BCUT2D eigenvalue weighted by Crippen LogP contribution is 2.26. The second kappa shape index (κ2) is 6.20. The smallest absolute Gasteiger partial charge is 0.126 e. The SMILES string of the molecule is CCNC(C)c1csc(-c2cnn(-c3ccccc3)c2)n1. The summed E-state index contributed by atoms with van der Waals surface area (Å²) in [6.07, 6.45) is 3.89. The van der Waals surface area contributed by atoms with E-state index in [-0.39, 0.29) is 6.04 Å². The van der Waals surface area contributed by atoms with Crippen LogP contribution in [0.3, 0.4) is 0 Å². The van der Waals surface area contributed by atoms with Crippen molar-refractivity contribution in [1.29, 1.82) is 0 Å². The molecule has 0 saturated heterocycles. The van der Waals surface area contributed by atoms with Gasteiger partial charge in [-0.2, -0.15) is 5.10 Å². The second-order valence-electron chi connectivity index (χ2n) is 4.87. The zero-order valence-electron chi connectivity index (χ0n) is 12.2. The first-order valence-electron chi connectivity index (χ1n) is 7.07. The Kier molecular flexibility index (Phi) is 4.13. The number of rotatable bonds is 5. The van der Waals surface area contributed by atoms with E-state index in [0.717, 1.165) is 28.5 Å². The van der Waals surface area contributed by atoms with E-state index < -0.39 is 0 Å². The van der Waals surface area contributed by atoms with E-state index in [9.17, 15) is 0 Å². The molecule has 4 nitrogen and oxygen atoms in total. The third-order valence-corrected chi connectivity index (χ3v) is 4.24. The minimum atomic E-state index is 0.282. The van der Waals surface area contributed by atoms with E-state index in [4.69, 9.17) is 4.98 Å². The standard InChI is InChI=1S/C16H18N4S/c1-3-17-12(2)15-11-21-16(19-15)13-9-18-20(10-13)14-7-5-4-6-8-14/h4-12,17H,3H2,1-2H3. The molecule has 0 aliphatic rings. The monoisotopic (exact) mass is 298 g/mol. The normalized spacial score (nSPS) is 12.5. The van der Waals surface area contributed by atoms with E-state index in [1.807, 2.05) is 47.4 Å². The van der Waals surface area contributed by atoms with Crippen molar-refractivity contribution in [2.75, 3.05) is 6.54 Å². The van der Waals surface area contributed by atoms with Crippen molar-refractivity contribution in [3.8, 4) is 16.3 Å². The molecule has 0 fully saturated rings. The van der Waals surface area contributed by atoms with E-state index in [0.29, 0.717) is 0 Å². The van der Waals surface area contributed by atoms with Crippen LogP contribution in [-0.4, -0.2) is 21.3 Å². The van der Waals surface area contributed by atoms with Gasteiger partial charge in [0, 0.05) is 23.2 Å². The maximum absolute atomic E-state index is 4.71. The molecule has 1 atom stereocenters. The molecule has 0 amide bonds. The summed E-state index contributed by atoms with van der Waals surface area (Å²) in [6.45, 7) is 5.18. The largest absolute Gasteiger partial charge is 0.309 e. The first-order valence-corrected chi connectivity index (χ1v) is 7.95. The molecule has 0 saturated carbocycles. The molecule has 1 aromatic carbocycles. The van der Waals surface area contributed by atoms with Crippen LogP contribution >= 0.6 is 11.3 Å². The molecule has 21 heavy (non-hydrogen) atoms. The lowest BCUT2D eigenvalue weighted by molar-refractivity contribution is 0.587. The predicted octanol–water partition coefficient (Wildman–Crippen LogP) is 3.67. The Bertz CT molecular complexity index is 702. The van der Waals surface area contributed by atoms with Crippen molar-refractivity contribution in [3.63, 3.8) is 0 Å². The summed E-state index contributed by atoms with van der Waals surface area (Å²) < 4.78 is 1.88. The number of hydrogen-bond acceptors (Lipinski definition) is 4. The van der Waals surface area contributed by atoms with Gasteiger partial charge in [-0.15, -0.1) is 11.3 Å². The summed E-state index contributed by atoms with van der Waals surface area (Å²) in [5, 5.41) is 10.9. The van der Waals surface area contributed by atoms with Gasteiger partial charge in [-0.25, -0.2) is 9.67 Å². The highest BCUT2D eigenvalue weighted by atomic mass is 32.1. The first-order chi connectivity index (χ1) is 10.3. The van der Waals surface area contributed by atoms with Crippen molar-refractivity contribution < 1.29 is 0 Å².